The molecule has 3 rings (SSSR count). The topological polar surface area (TPSA) is 79.2 Å². The van der Waals surface area contributed by atoms with Crippen molar-refractivity contribution in [2.45, 2.75) is 23.9 Å². The molecule has 0 radical (unpaired) electrons. The van der Waals surface area contributed by atoms with Crippen molar-refractivity contribution < 1.29 is 30.7 Å². The fraction of sp³-hybridized carbons (Fsp3) is 0.115. The summed E-state index contributed by atoms with van der Waals surface area (Å²) in [5.41, 5.74) is -4.52. The highest BCUT2D eigenvalue weighted by Gasteiger charge is 2.48. The summed E-state index contributed by atoms with van der Waals surface area (Å²) in [4.78, 5) is -0.969. The molecule has 0 saturated carbocycles. The van der Waals surface area contributed by atoms with Crippen molar-refractivity contribution in [1.82, 2.24) is 5.32 Å². The smallest absolute Gasteiger partial charge is 0.457 e. The van der Waals surface area contributed by atoms with E-state index in [0.29, 0.717) is 12.2 Å². The zero-order chi connectivity index (χ0) is 26.5. The molecule has 0 unspecified atom stereocenters. The number of nitrogens with zero attached hydrogens (tertiary/aromatic N) is 1. The second-order valence-electron chi connectivity index (χ2n) is 7.64. The number of rotatable bonds is 8. The van der Waals surface area contributed by atoms with Crippen molar-refractivity contribution in [2.24, 2.45) is 0 Å². The van der Waals surface area contributed by atoms with E-state index in [1.807, 2.05) is 30.3 Å². The number of halogens is 4. The van der Waals surface area contributed by atoms with Gasteiger partial charge in [-0.1, -0.05) is 43.0 Å². The van der Waals surface area contributed by atoms with Crippen molar-refractivity contribution >= 4 is 15.9 Å². The van der Waals surface area contributed by atoms with Crippen molar-refractivity contribution in [3.05, 3.63) is 107 Å². The molecule has 10 heteroatoms. The molecule has 0 spiro atoms. The molecule has 3 aromatic carbocycles. The minimum absolute atomic E-state index is 0.0203. The number of hydrogen-bond acceptors (Lipinski definition) is 5. The molecule has 1 N–H and O–H groups in total. The Morgan fingerprint density at radius 2 is 1.83 bits per heavy atom. The molecular formula is C26H20F4N2O3S. The second kappa shape index (κ2) is 10.7. The summed E-state index contributed by atoms with van der Waals surface area (Å²) >= 11 is 0. The summed E-state index contributed by atoms with van der Waals surface area (Å²) in [6, 6.07) is 16.1. The van der Waals surface area contributed by atoms with E-state index in [-0.39, 0.29) is 28.2 Å². The molecule has 0 bridgehead atoms. The van der Waals surface area contributed by atoms with E-state index < -0.39 is 26.1 Å². The first-order chi connectivity index (χ1) is 16.9. The third kappa shape index (κ3) is 6.12. The Balaban J connectivity index is 2.00. The molecule has 0 fully saturated rings. The lowest BCUT2D eigenvalue weighted by molar-refractivity contribution is -0.0436. The van der Waals surface area contributed by atoms with Crippen LogP contribution in [0.4, 0.5) is 17.6 Å². The van der Waals surface area contributed by atoms with Gasteiger partial charge in [0.15, 0.2) is 0 Å². The molecule has 0 atom stereocenters. The van der Waals surface area contributed by atoms with Gasteiger partial charge in [-0.15, -0.1) is 0 Å². The van der Waals surface area contributed by atoms with Gasteiger partial charge < -0.3 is 10.1 Å². The first-order valence-corrected chi connectivity index (χ1v) is 11.9. The molecule has 36 heavy (non-hydrogen) atoms. The van der Waals surface area contributed by atoms with Crippen LogP contribution in [0.2, 0.25) is 0 Å². The highest BCUT2D eigenvalue weighted by Crippen LogP contribution is 2.38. The Hall–Kier alpha value is -4.10. The van der Waals surface area contributed by atoms with Crippen LogP contribution in [0.3, 0.4) is 0 Å². The number of allylic oxidation sites excluding steroid dienone is 1. The normalized spacial score (nSPS) is 11.8. The van der Waals surface area contributed by atoms with Gasteiger partial charge in [0.05, 0.1) is 16.5 Å². The maximum absolute atomic E-state index is 13.8. The molecule has 5 nitrogen and oxygen atoms in total. The summed E-state index contributed by atoms with van der Waals surface area (Å²) in [6.07, 6.45) is 2.54. The lowest BCUT2D eigenvalue weighted by atomic mass is 10.1. The van der Waals surface area contributed by atoms with E-state index in [0.717, 1.165) is 29.8 Å². The van der Waals surface area contributed by atoms with Crippen LogP contribution in [0.25, 0.3) is 6.08 Å². The van der Waals surface area contributed by atoms with Gasteiger partial charge >= 0.3 is 5.51 Å². The monoisotopic (exact) mass is 516 g/mol. The molecule has 0 aliphatic carbocycles. The van der Waals surface area contributed by atoms with Crippen molar-refractivity contribution in [2.75, 3.05) is 0 Å². The number of alkyl halides is 3. The van der Waals surface area contributed by atoms with Gasteiger partial charge in [-0.25, -0.2) is 12.8 Å². The van der Waals surface area contributed by atoms with Crippen LogP contribution in [-0.2, 0) is 16.4 Å². The van der Waals surface area contributed by atoms with Gasteiger partial charge in [0.2, 0.25) is 0 Å². The van der Waals surface area contributed by atoms with E-state index >= 15 is 0 Å². The van der Waals surface area contributed by atoms with Gasteiger partial charge in [0, 0.05) is 29.4 Å². The molecule has 0 heterocycles. The Labute approximate surface area is 205 Å². The molecule has 186 valence electrons. The third-order valence-electron chi connectivity index (χ3n) is 5.06. The first-order valence-electron chi connectivity index (χ1n) is 10.4. The summed E-state index contributed by atoms with van der Waals surface area (Å²) < 4.78 is 84.0. The van der Waals surface area contributed by atoms with Crippen molar-refractivity contribution in [3.8, 4) is 17.6 Å². The van der Waals surface area contributed by atoms with Crippen LogP contribution in [0.5, 0.6) is 11.5 Å². The van der Waals surface area contributed by atoms with Crippen LogP contribution in [-0.4, -0.2) is 13.9 Å². The van der Waals surface area contributed by atoms with E-state index in [2.05, 4.69) is 11.9 Å². The molecule has 0 amide bonds. The predicted octanol–water partition coefficient (Wildman–Crippen LogP) is 6.41. The van der Waals surface area contributed by atoms with Gasteiger partial charge in [0.25, 0.3) is 9.84 Å². The van der Waals surface area contributed by atoms with Crippen LogP contribution in [0.1, 0.15) is 22.3 Å². The molecule has 0 aliphatic heterocycles. The fourth-order valence-electron chi connectivity index (χ4n) is 3.23. The Morgan fingerprint density at radius 3 is 2.47 bits per heavy atom. The van der Waals surface area contributed by atoms with Crippen molar-refractivity contribution in [1.29, 1.82) is 5.26 Å². The van der Waals surface area contributed by atoms with Gasteiger partial charge in [-0.3, -0.25) is 0 Å². The Bertz CT molecular complexity index is 1460. The van der Waals surface area contributed by atoms with Gasteiger partial charge in [-0.2, -0.15) is 18.4 Å². The number of hydrogen-bond donors (Lipinski definition) is 1. The zero-order valence-corrected chi connectivity index (χ0v) is 19.8. The maximum atomic E-state index is 13.8. The number of sulfone groups is 1. The highest BCUT2D eigenvalue weighted by molar-refractivity contribution is 7.92. The van der Waals surface area contributed by atoms with E-state index in [9.17, 15) is 26.0 Å². The van der Waals surface area contributed by atoms with Crippen molar-refractivity contribution in [3.63, 3.8) is 0 Å². The lowest BCUT2D eigenvalue weighted by Gasteiger charge is -2.16. The third-order valence-corrected chi connectivity index (χ3v) is 6.61. The van der Waals surface area contributed by atoms with E-state index in [1.54, 1.807) is 6.07 Å². The minimum atomic E-state index is -5.70. The Kier molecular flexibility index (Phi) is 7.85. The van der Waals surface area contributed by atoms with Crippen LogP contribution in [0.15, 0.2) is 83.9 Å². The molecule has 0 aromatic heterocycles. The maximum Gasteiger partial charge on any atom is 0.501 e. The number of nitrogens with one attached hydrogen (secondary N) is 1. The lowest BCUT2D eigenvalue weighted by Crippen LogP contribution is -2.24. The van der Waals surface area contributed by atoms with Gasteiger partial charge in [-0.05, 0) is 42.8 Å². The van der Waals surface area contributed by atoms with E-state index in [4.69, 9.17) is 10.00 Å². The minimum Gasteiger partial charge on any atom is -0.457 e. The quantitative estimate of drug-likeness (QED) is 0.277. The summed E-state index contributed by atoms with van der Waals surface area (Å²) in [5, 5.41) is 12.0. The first kappa shape index (κ1) is 26.5. The molecule has 3 aromatic rings. The molecule has 0 aliphatic rings. The standard InChI is InChI=1S/C26H20F4N2O3S/c1-17(32-16-19-6-4-3-5-7-19)8-9-23-18(2)24(10-11-25(23)36(33,34)26(28,29)30)35-22-13-20(15-31)12-21(27)14-22/h3-14,32H,1,16H2,2H3/b9-8+. The average molecular weight is 517 g/mol. The number of benzene rings is 3. The molecular weight excluding hydrogens is 496 g/mol. The van der Waals surface area contributed by atoms with Crippen LogP contribution < -0.4 is 10.1 Å². The SMILES string of the molecule is C=C(/C=C/c1c(S(=O)(=O)C(F)(F)F)ccc(Oc2cc(F)cc(C#N)c2)c1C)NCc1ccccc1. The fourth-order valence-corrected chi connectivity index (χ4v) is 4.24. The largest absolute Gasteiger partial charge is 0.501 e. The summed E-state index contributed by atoms with van der Waals surface area (Å²) in [6.45, 7) is 5.56. The van der Waals surface area contributed by atoms with Gasteiger partial charge in [0.1, 0.15) is 17.3 Å². The van der Waals surface area contributed by atoms with Crippen LogP contribution in [0, 0.1) is 24.1 Å². The zero-order valence-electron chi connectivity index (χ0n) is 18.9. The number of nitriles is 1. The molecule has 0 saturated heterocycles. The number of ether oxygens (including phenoxy) is 1. The van der Waals surface area contributed by atoms with E-state index in [1.165, 1.54) is 25.1 Å². The summed E-state index contributed by atoms with van der Waals surface area (Å²) in [7, 11) is -5.70. The predicted molar refractivity (Wildman–Crippen MR) is 127 cm³/mol. The average Bonchev–Trinajstić information content (AvgIpc) is 2.82. The summed E-state index contributed by atoms with van der Waals surface area (Å²) in [5.74, 6) is -0.850. The highest BCUT2D eigenvalue weighted by atomic mass is 32.2. The Morgan fingerprint density at radius 1 is 1.14 bits per heavy atom. The van der Waals surface area contributed by atoms with Crippen LogP contribution >= 0.6 is 0 Å². The second-order valence-corrected chi connectivity index (χ2v) is 9.55.